The van der Waals surface area contributed by atoms with Gasteiger partial charge in [0.05, 0.1) is 0 Å². The number of hydrogen-bond acceptors (Lipinski definition) is 4. The molecule has 6 nitrogen and oxygen atoms in total. The lowest BCUT2D eigenvalue weighted by Gasteiger charge is -2.14. The zero-order valence-corrected chi connectivity index (χ0v) is 9.44. The third-order valence-corrected chi connectivity index (χ3v) is 2.98. The number of hydrogen-bond donors (Lipinski definition) is 2. The maximum Gasteiger partial charge on any atom is 0.291 e. The van der Waals surface area contributed by atoms with Gasteiger partial charge >= 0.3 is 0 Å². The minimum Gasteiger partial charge on any atom is -0.366 e. The molecule has 1 aliphatic rings. The smallest absolute Gasteiger partial charge is 0.291 e. The number of nitrogens with zero attached hydrogens (tertiary/aromatic N) is 3. The number of nitrogens with two attached hydrogens (primary N) is 1. The SMILES string of the molecule is CCCC1CCN(C(=O)c2nc(N)n[nH]2)C1. The Hall–Kier alpha value is -1.59. The lowest BCUT2D eigenvalue weighted by atomic mass is 10.0. The number of likely N-dealkylation sites (tertiary alicyclic amines) is 1. The third-order valence-electron chi connectivity index (χ3n) is 2.98. The highest BCUT2D eigenvalue weighted by Crippen LogP contribution is 2.21. The van der Waals surface area contributed by atoms with Gasteiger partial charge in [-0.05, 0) is 18.8 Å². The molecular weight excluding hydrogens is 206 g/mol. The number of amides is 1. The Kier molecular flexibility index (Phi) is 3.07. The Balaban J connectivity index is 1.97. The summed E-state index contributed by atoms with van der Waals surface area (Å²) in [6.45, 7) is 3.80. The Morgan fingerprint density at radius 3 is 3.12 bits per heavy atom. The van der Waals surface area contributed by atoms with Crippen LogP contribution < -0.4 is 5.73 Å². The number of nitrogens with one attached hydrogen (secondary N) is 1. The summed E-state index contributed by atoms with van der Waals surface area (Å²) in [7, 11) is 0. The first kappa shape index (κ1) is 10.9. The van der Waals surface area contributed by atoms with Crippen LogP contribution in [0.2, 0.25) is 0 Å². The predicted octanol–water partition coefficient (Wildman–Crippen LogP) is 0.649. The van der Waals surface area contributed by atoms with Crippen LogP contribution in [0.1, 0.15) is 36.8 Å². The zero-order valence-electron chi connectivity index (χ0n) is 9.44. The van der Waals surface area contributed by atoms with Crippen LogP contribution in [0.25, 0.3) is 0 Å². The molecule has 1 amide bonds. The molecule has 0 bridgehead atoms. The summed E-state index contributed by atoms with van der Waals surface area (Å²) < 4.78 is 0. The first-order chi connectivity index (χ1) is 7.70. The van der Waals surface area contributed by atoms with Crippen LogP contribution in [-0.4, -0.2) is 39.1 Å². The van der Waals surface area contributed by atoms with Gasteiger partial charge in [0.25, 0.3) is 5.91 Å². The van der Waals surface area contributed by atoms with Crippen LogP contribution in [0, 0.1) is 5.92 Å². The normalized spacial score (nSPS) is 20.3. The molecule has 88 valence electrons. The van der Waals surface area contributed by atoms with Gasteiger partial charge in [-0.15, -0.1) is 5.10 Å². The number of anilines is 1. The molecular formula is C10H17N5O. The monoisotopic (exact) mass is 223 g/mol. The summed E-state index contributed by atoms with van der Waals surface area (Å²) in [5, 5.41) is 6.21. The highest BCUT2D eigenvalue weighted by molar-refractivity contribution is 5.90. The van der Waals surface area contributed by atoms with Crippen LogP contribution in [-0.2, 0) is 0 Å². The zero-order chi connectivity index (χ0) is 11.5. The summed E-state index contributed by atoms with van der Waals surface area (Å²) in [6, 6.07) is 0. The van der Waals surface area contributed by atoms with Gasteiger partial charge in [-0.2, -0.15) is 4.98 Å². The topological polar surface area (TPSA) is 87.9 Å². The summed E-state index contributed by atoms with van der Waals surface area (Å²) >= 11 is 0. The molecule has 2 rings (SSSR count). The molecule has 6 heteroatoms. The number of rotatable bonds is 3. The number of aromatic amines is 1. The molecule has 0 saturated carbocycles. The molecule has 1 aromatic rings. The van der Waals surface area contributed by atoms with Crippen LogP contribution in [0.3, 0.4) is 0 Å². The first-order valence-corrected chi connectivity index (χ1v) is 5.68. The highest BCUT2D eigenvalue weighted by atomic mass is 16.2. The van der Waals surface area contributed by atoms with Gasteiger partial charge in [-0.1, -0.05) is 13.3 Å². The number of carbonyl (C=O) groups is 1. The van der Waals surface area contributed by atoms with Crippen molar-refractivity contribution < 1.29 is 4.79 Å². The van der Waals surface area contributed by atoms with Crippen LogP contribution >= 0.6 is 0 Å². The third kappa shape index (κ3) is 2.15. The van der Waals surface area contributed by atoms with Gasteiger partial charge in [0, 0.05) is 13.1 Å². The summed E-state index contributed by atoms with van der Waals surface area (Å²) in [5.41, 5.74) is 5.37. The Labute approximate surface area is 94.2 Å². The van der Waals surface area contributed by atoms with Crippen LogP contribution in [0.4, 0.5) is 5.95 Å². The number of nitrogen functional groups attached to an aromatic ring is 1. The second kappa shape index (κ2) is 4.51. The Bertz CT molecular complexity index is 375. The van der Waals surface area contributed by atoms with Crippen molar-refractivity contribution in [2.24, 2.45) is 5.92 Å². The average Bonchev–Trinajstić information content (AvgIpc) is 2.87. The Morgan fingerprint density at radius 1 is 1.69 bits per heavy atom. The van der Waals surface area contributed by atoms with E-state index in [1.165, 1.54) is 12.8 Å². The van der Waals surface area contributed by atoms with E-state index in [0.717, 1.165) is 19.5 Å². The van der Waals surface area contributed by atoms with E-state index in [1.54, 1.807) is 0 Å². The standard InChI is InChI=1S/C10H17N5O/c1-2-3-7-4-5-15(6-7)9(16)8-12-10(11)14-13-8/h7H,2-6H2,1H3,(H3,11,12,13,14). The van der Waals surface area contributed by atoms with Gasteiger partial charge in [0.15, 0.2) is 0 Å². The van der Waals surface area contributed by atoms with E-state index in [0.29, 0.717) is 5.92 Å². The van der Waals surface area contributed by atoms with E-state index >= 15 is 0 Å². The van der Waals surface area contributed by atoms with E-state index in [4.69, 9.17) is 5.73 Å². The minimum atomic E-state index is -0.0946. The molecule has 1 unspecified atom stereocenters. The van der Waals surface area contributed by atoms with E-state index in [1.807, 2.05) is 4.90 Å². The molecule has 3 N–H and O–H groups in total. The summed E-state index contributed by atoms with van der Waals surface area (Å²) in [4.78, 5) is 17.6. The molecule has 0 aliphatic carbocycles. The van der Waals surface area contributed by atoms with Gasteiger partial charge < -0.3 is 10.6 Å². The molecule has 1 fully saturated rings. The van der Waals surface area contributed by atoms with Crippen LogP contribution in [0.15, 0.2) is 0 Å². The van der Waals surface area contributed by atoms with Crippen molar-refractivity contribution in [2.45, 2.75) is 26.2 Å². The van der Waals surface area contributed by atoms with Crippen LogP contribution in [0.5, 0.6) is 0 Å². The van der Waals surface area contributed by atoms with Crippen molar-refractivity contribution in [3.63, 3.8) is 0 Å². The van der Waals surface area contributed by atoms with Crippen molar-refractivity contribution in [1.29, 1.82) is 0 Å². The largest absolute Gasteiger partial charge is 0.366 e. The number of carbonyl (C=O) groups excluding carboxylic acids is 1. The van der Waals surface area contributed by atoms with Gasteiger partial charge in [-0.3, -0.25) is 9.89 Å². The fraction of sp³-hybridized carbons (Fsp3) is 0.700. The fourth-order valence-corrected chi connectivity index (χ4v) is 2.18. The fourth-order valence-electron chi connectivity index (χ4n) is 2.18. The van der Waals surface area contributed by atoms with Gasteiger partial charge in [-0.25, -0.2) is 0 Å². The number of aromatic nitrogens is 3. The Morgan fingerprint density at radius 2 is 2.50 bits per heavy atom. The van der Waals surface area contributed by atoms with Gasteiger partial charge in [0.2, 0.25) is 11.8 Å². The van der Waals surface area contributed by atoms with Crippen molar-refractivity contribution in [1.82, 2.24) is 20.1 Å². The molecule has 1 atom stereocenters. The molecule has 1 aliphatic heterocycles. The minimum absolute atomic E-state index is 0.0946. The first-order valence-electron chi connectivity index (χ1n) is 5.68. The van der Waals surface area contributed by atoms with Gasteiger partial charge in [0.1, 0.15) is 0 Å². The van der Waals surface area contributed by atoms with Crippen molar-refractivity contribution in [3.8, 4) is 0 Å². The summed E-state index contributed by atoms with van der Waals surface area (Å²) in [6.07, 6.45) is 3.44. The molecule has 0 radical (unpaired) electrons. The predicted molar refractivity (Wildman–Crippen MR) is 59.7 cm³/mol. The molecule has 1 saturated heterocycles. The highest BCUT2D eigenvalue weighted by Gasteiger charge is 2.27. The lowest BCUT2D eigenvalue weighted by molar-refractivity contribution is 0.0775. The maximum atomic E-state index is 11.9. The number of H-pyrrole nitrogens is 1. The molecule has 1 aromatic heterocycles. The maximum absolute atomic E-state index is 11.9. The van der Waals surface area contributed by atoms with Crippen molar-refractivity contribution >= 4 is 11.9 Å². The van der Waals surface area contributed by atoms with E-state index in [2.05, 4.69) is 22.1 Å². The quantitative estimate of drug-likeness (QED) is 0.787. The van der Waals surface area contributed by atoms with E-state index < -0.39 is 0 Å². The molecule has 2 heterocycles. The molecule has 0 spiro atoms. The second-order valence-corrected chi connectivity index (χ2v) is 4.24. The lowest BCUT2D eigenvalue weighted by Crippen LogP contribution is -2.29. The summed E-state index contributed by atoms with van der Waals surface area (Å²) in [5.74, 6) is 0.902. The van der Waals surface area contributed by atoms with E-state index in [9.17, 15) is 4.79 Å². The second-order valence-electron chi connectivity index (χ2n) is 4.24. The molecule has 0 aromatic carbocycles. The van der Waals surface area contributed by atoms with Crippen molar-refractivity contribution in [2.75, 3.05) is 18.8 Å². The van der Waals surface area contributed by atoms with E-state index in [-0.39, 0.29) is 17.7 Å². The molecule has 16 heavy (non-hydrogen) atoms. The average molecular weight is 223 g/mol. The van der Waals surface area contributed by atoms with Crippen molar-refractivity contribution in [3.05, 3.63) is 5.82 Å².